The van der Waals surface area contributed by atoms with Crippen molar-refractivity contribution in [1.82, 2.24) is 4.98 Å². The average Bonchev–Trinajstić information content (AvgIpc) is 2.62. The molecule has 4 aromatic rings. The van der Waals surface area contributed by atoms with Crippen LogP contribution >= 0.6 is 0 Å². The standard InChI is InChI=1S/C17H11N/c1-2-7-14-13(6-1)11-16-15(14)9-8-12-5-3-4-10-18-17(12)16/h1-11H. The van der Waals surface area contributed by atoms with Gasteiger partial charge in [0.15, 0.2) is 0 Å². The minimum atomic E-state index is 1.08. The van der Waals surface area contributed by atoms with Crippen LogP contribution in [-0.4, -0.2) is 4.98 Å². The number of aromatic nitrogens is 1. The summed E-state index contributed by atoms with van der Waals surface area (Å²) < 4.78 is 0. The molecule has 1 aromatic heterocycles. The third-order valence-electron chi connectivity index (χ3n) is 3.48. The van der Waals surface area contributed by atoms with Gasteiger partial charge in [0.25, 0.3) is 0 Å². The van der Waals surface area contributed by atoms with E-state index < -0.39 is 0 Å². The Morgan fingerprint density at radius 2 is 1.44 bits per heavy atom. The van der Waals surface area contributed by atoms with Gasteiger partial charge < -0.3 is 0 Å². The lowest BCUT2D eigenvalue weighted by Gasteiger charge is -1.95. The van der Waals surface area contributed by atoms with Crippen molar-refractivity contribution in [2.75, 3.05) is 0 Å². The first kappa shape index (κ1) is 9.60. The molecular formula is C17H11N. The molecule has 0 saturated carbocycles. The first-order valence-electron chi connectivity index (χ1n) is 6.09. The molecule has 0 aliphatic carbocycles. The maximum Gasteiger partial charge on any atom is 0.0780 e. The molecule has 0 unspecified atom stereocenters. The first-order valence-corrected chi connectivity index (χ1v) is 6.09. The third-order valence-corrected chi connectivity index (χ3v) is 3.48. The van der Waals surface area contributed by atoms with Crippen molar-refractivity contribution in [3.8, 4) is 0 Å². The lowest BCUT2D eigenvalue weighted by atomic mass is 10.1. The van der Waals surface area contributed by atoms with Gasteiger partial charge in [0, 0.05) is 17.0 Å². The maximum absolute atomic E-state index is 4.57. The molecular weight excluding hydrogens is 218 g/mol. The number of hydrogen-bond donors (Lipinski definition) is 0. The normalized spacial score (nSPS) is 11.3. The first-order chi connectivity index (χ1) is 8.93. The van der Waals surface area contributed by atoms with Gasteiger partial charge in [-0.25, -0.2) is 0 Å². The lowest BCUT2D eigenvalue weighted by Crippen LogP contribution is -1.73. The van der Waals surface area contributed by atoms with E-state index in [9.17, 15) is 0 Å². The van der Waals surface area contributed by atoms with Gasteiger partial charge >= 0.3 is 0 Å². The summed E-state index contributed by atoms with van der Waals surface area (Å²) in [5.74, 6) is 0. The van der Waals surface area contributed by atoms with Crippen LogP contribution in [0.4, 0.5) is 0 Å². The number of benzene rings is 2. The summed E-state index contributed by atoms with van der Waals surface area (Å²) in [5.41, 5.74) is 1.08. The Labute approximate surface area is 105 Å². The second-order valence-electron chi connectivity index (χ2n) is 4.53. The summed E-state index contributed by atoms with van der Waals surface area (Å²) in [5, 5.41) is 6.31. The summed E-state index contributed by atoms with van der Waals surface area (Å²) in [6.07, 6.45) is 1.86. The van der Waals surface area contributed by atoms with E-state index in [2.05, 4.69) is 53.5 Å². The Morgan fingerprint density at radius 3 is 2.44 bits per heavy atom. The molecule has 0 saturated heterocycles. The van der Waals surface area contributed by atoms with Crippen molar-refractivity contribution >= 4 is 32.4 Å². The van der Waals surface area contributed by atoms with Gasteiger partial charge in [-0.15, -0.1) is 0 Å². The minimum Gasteiger partial charge on any atom is -0.256 e. The molecule has 0 bridgehead atoms. The van der Waals surface area contributed by atoms with Gasteiger partial charge in [-0.2, -0.15) is 0 Å². The zero-order valence-corrected chi connectivity index (χ0v) is 9.80. The van der Waals surface area contributed by atoms with Crippen molar-refractivity contribution in [3.05, 3.63) is 66.9 Å². The minimum absolute atomic E-state index is 1.08. The molecule has 0 atom stereocenters. The van der Waals surface area contributed by atoms with Crippen LogP contribution in [0.1, 0.15) is 0 Å². The predicted molar refractivity (Wildman–Crippen MR) is 76.8 cm³/mol. The van der Waals surface area contributed by atoms with Crippen molar-refractivity contribution < 1.29 is 0 Å². The van der Waals surface area contributed by atoms with Crippen LogP contribution in [0.15, 0.2) is 66.9 Å². The van der Waals surface area contributed by atoms with Gasteiger partial charge in [0.1, 0.15) is 0 Å². The molecule has 0 N–H and O–H groups in total. The zero-order chi connectivity index (χ0) is 11.9. The highest BCUT2D eigenvalue weighted by atomic mass is 14.6. The lowest BCUT2D eigenvalue weighted by molar-refractivity contribution is 1.46. The third kappa shape index (κ3) is 1.25. The largest absolute Gasteiger partial charge is 0.256 e. The molecule has 0 aliphatic rings. The van der Waals surface area contributed by atoms with Gasteiger partial charge in [0.2, 0.25) is 0 Å². The Bertz CT molecular complexity index is 878. The quantitative estimate of drug-likeness (QED) is 0.431. The van der Waals surface area contributed by atoms with Crippen molar-refractivity contribution in [1.29, 1.82) is 0 Å². The number of nitrogens with zero attached hydrogens (tertiary/aromatic N) is 1. The molecule has 0 aliphatic heterocycles. The Hall–Kier alpha value is -2.41. The molecule has 84 valence electrons. The Kier molecular flexibility index (Phi) is 1.89. The smallest absolute Gasteiger partial charge is 0.0780 e. The van der Waals surface area contributed by atoms with Gasteiger partial charge in [-0.05, 0) is 28.3 Å². The Morgan fingerprint density at radius 1 is 0.611 bits per heavy atom. The number of rotatable bonds is 0. The Balaban J connectivity index is 2.33. The fourth-order valence-electron chi connectivity index (χ4n) is 2.63. The van der Waals surface area contributed by atoms with E-state index in [1.54, 1.807) is 0 Å². The van der Waals surface area contributed by atoms with Crippen molar-refractivity contribution in [2.45, 2.75) is 0 Å². The van der Waals surface area contributed by atoms with Crippen LogP contribution in [0.2, 0.25) is 0 Å². The highest BCUT2D eigenvalue weighted by molar-refractivity contribution is 6.19. The van der Waals surface area contributed by atoms with E-state index in [0.29, 0.717) is 0 Å². The molecule has 0 spiro atoms. The van der Waals surface area contributed by atoms with Crippen molar-refractivity contribution in [2.24, 2.45) is 0 Å². The second-order valence-corrected chi connectivity index (χ2v) is 4.53. The molecule has 0 amide bonds. The summed E-state index contributed by atoms with van der Waals surface area (Å²) in [6, 6.07) is 21.2. The van der Waals surface area contributed by atoms with E-state index in [-0.39, 0.29) is 0 Å². The average molecular weight is 229 g/mol. The molecule has 0 radical (unpaired) electrons. The monoisotopic (exact) mass is 229 g/mol. The van der Waals surface area contributed by atoms with Crippen LogP contribution in [0.3, 0.4) is 0 Å². The predicted octanol–water partition coefficient (Wildman–Crippen LogP) is 4.54. The summed E-state index contributed by atoms with van der Waals surface area (Å²) >= 11 is 0. The van der Waals surface area contributed by atoms with E-state index in [1.165, 1.54) is 26.9 Å². The van der Waals surface area contributed by atoms with Crippen LogP contribution in [-0.2, 0) is 0 Å². The summed E-state index contributed by atoms with van der Waals surface area (Å²) in [7, 11) is 0. The highest BCUT2D eigenvalue weighted by Gasteiger charge is 2.06. The van der Waals surface area contributed by atoms with Crippen LogP contribution in [0, 0.1) is 0 Å². The highest BCUT2D eigenvalue weighted by Crippen LogP contribution is 2.32. The van der Waals surface area contributed by atoms with Crippen LogP contribution in [0.25, 0.3) is 32.4 Å². The topological polar surface area (TPSA) is 12.9 Å². The molecule has 18 heavy (non-hydrogen) atoms. The molecule has 1 heteroatoms. The van der Waals surface area contributed by atoms with E-state index >= 15 is 0 Å². The zero-order valence-electron chi connectivity index (χ0n) is 9.80. The molecule has 4 rings (SSSR count). The van der Waals surface area contributed by atoms with Crippen LogP contribution in [0.5, 0.6) is 0 Å². The summed E-state index contributed by atoms with van der Waals surface area (Å²) in [4.78, 5) is 4.57. The summed E-state index contributed by atoms with van der Waals surface area (Å²) in [6.45, 7) is 0. The molecule has 0 fully saturated rings. The van der Waals surface area contributed by atoms with Gasteiger partial charge in [0.05, 0.1) is 5.52 Å². The van der Waals surface area contributed by atoms with Gasteiger partial charge in [-0.1, -0.05) is 48.5 Å². The number of hydrogen-bond acceptors (Lipinski definition) is 1. The van der Waals surface area contributed by atoms with Crippen LogP contribution < -0.4 is 0 Å². The van der Waals surface area contributed by atoms with E-state index in [4.69, 9.17) is 0 Å². The van der Waals surface area contributed by atoms with Gasteiger partial charge in [-0.3, -0.25) is 4.98 Å². The molecule has 1 nitrogen and oxygen atoms in total. The maximum atomic E-state index is 4.57. The fraction of sp³-hybridized carbons (Fsp3) is 0. The number of fused-ring (bicyclic) bond motifs is 5. The fourth-order valence-corrected chi connectivity index (χ4v) is 2.63. The van der Waals surface area contributed by atoms with Crippen molar-refractivity contribution in [3.63, 3.8) is 0 Å². The second kappa shape index (κ2) is 3.54. The molecule has 1 heterocycles. The SMILES string of the molecule is c1ccc2ccc3c4ccccc4cc3c2nc1. The van der Waals surface area contributed by atoms with E-state index in [0.717, 1.165) is 5.52 Å². The van der Waals surface area contributed by atoms with E-state index in [1.807, 2.05) is 18.3 Å². The molecule has 3 aromatic carbocycles.